The van der Waals surface area contributed by atoms with Crippen LogP contribution < -0.4 is 36.6 Å². The first-order valence-electron chi connectivity index (χ1n) is 27.2. The second kappa shape index (κ2) is 25.3. The minimum absolute atomic E-state index is 0.00848. The van der Waals surface area contributed by atoms with Crippen LogP contribution in [0.3, 0.4) is 0 Å². The van der Waals surface area contributed by atoms with E-state index in [0.717, 1.165) is 56.8 Å². The largest absolute Gasteiger partial charge is 0.491 e. The Hall–Kier alpha value is -6.86. The normalized spacial score (nSPS) is 19.2. The third-order valence-electron chi connectivity index (χ3n) is 14.7. The quantitative estimate of drug-likeness (QED) is 0.0472. The Morgan fingerprint density at radius 2 is 1.58 bits per heavy atom. The molecule has 7 amide bonds. The lowest BCUT2D eigenvalue weighted by Gasteiger charge is -2.35. The summed E-state index contributed by atoms with van der Waals surface area (Å²) in [6.45, 7) is 16.6. The van der Waals surface area contributed by atoms with Gasteiger partial charge in [-0.3, -0.25) is 33.7 Å². The van der Waals surface area contributed by atoms with Crippen LogP contribution in [0.1, 0.15) is 139 Å². The van der Waals surface area contributed by atoms with E-state index in [9.17, 15) is 38.7 Å². The summed E-state index contributed by atoms with van der Waals surface area (Å²) in [5.74, 6) is -1.83. The zero-order valence-corrected chi connectivity index (χ0v) is 47.3. The molecule has 0 aliphatic carbocycles. The number of anilines is 1. The van der Waals surface area contributed by atoms with Crippen molar-refractivity contribution >= 4 is 58.6 Å². The number of aliphatic hydroxyl groups excluding tert-OH is 1. The Morgan fingerprint density at radius 3 is 2.26 bits per heavy atom. The molecule has 3 aliphatic rings. The van der Waals surface area contributed by atoms with Crippen molar-refractivity contribution in [2.45, 2.75) is 181 Å². The molecule has 4 heterocycles. The summed E-state index contributed by atoms with van der Waals surface area (Å²) in [7, 11) is 0. The number of primary amides is 1. The lowest BCUT2D eigenvalue weighted by molar-refractivity contribution is -0.144. The number of hydrogen-bond donors (Lipinski definition) is 6. The number of thiazole rings is 1. The van der Waals surface area contributed by atoms with E-state index in [2.05, 4.69) is 26.3 Å². The van der Waals surface area contributed by atoms with E-state index in [-0.39, 0.29) is 63.1 Å². The molecule has 420 valence electrons. The molecular weight excluding hydrogens is 1010 g/mol. The molecule has 7 rings (SSSR count). The number of unbranched alkanes of at least 4 members (excludes halogenated alkanes) is 2. The molecule has 3 aromatic carbocycles. The van der Waals surface area contributed by atoms with Gasteiger partial charge in [0.05, 0.1) is 40.0 Å². The molecule has 1 fully saturated rings. The van der Waals surface area contributed by atoms with Gasteiger partial charge >= 0.3 is 6.09 Å². The average molecular weight is 1090 g/mol. The molecule has 1 saturated heterocycles. The third kappa shape index (κ3) is 14.8. The first-order chi connectivity index (χ1) is 36.9. The summed E-state index contributed by atoms with van der Waals surface area (Å²) in [6, 6.07) is 14.7. The van der Waals surface area contributed by atoms with E-state index >= 15 is 0 Å². The van der Waals surface area contributed by atoms with E-state index in [0.29, 0.717) is 37.1 Å². The van der Waals surface area contributed by atoms with Gasteiger partial charge in [-0.1, -0.05) is 81.8 Å². The van der Waals surface area contributed by atoms with Gasteiger partial charge in [-0.25, -0.2) is 9.78 Å². The first-order valence-corrected chi connectivity index (χ1v) is 28.1. The number of carbonyl (C=O) groups excluding carboxylic acids is 7. The molecule has 0 radical (unpaired) electrons. The molecule has 18 nitrogen and oxygen atoms in total. The van der Waals surface area contributed by atoms with E-state index in [1.165, 1.54) is 9.80 Å². The second-order valence-electron chi connectivity index (χ2n) is 23.1. The summed E-state index contributed by atoms with van der Waals surface area (Å²) in [5, 5.41) is 22.5. The molecule has 7 N–H and O–H groups in total. The summed E-state index contributed by atoms with van der Waals surface area (Å²) >= 11 is 1.57. The predicted molar refractivity (Wildman–Crippen MR) is 298 cm³/mol. The lowest BCUT2D eigenvalue weighted by Crippen LogP contribution is -2.57. The van der Waals surface area contributed by atoms with Crippen molar-refractivity contribution in [2.75, 3.05) is 18.1 Å². The van der Waals surface area contributed by atoms with Crippen LogP contribution in [0.5, 0.6) is 5.75 Å². The molecule has 4 aromatic rings. The lowest BCUT2D eigenvalue weighted by atomic mass is 9.85. The molecule has 78 heavy (non-hydrogen) atoms. The Labute approximate surface area is 462 Å². The van der Waals surface area contributed by atoms with Crippen LogP contribution in [0.15, 0.2) is 66.2 Å². The monoisotopic (exact) mass is 1090 g/mol. The minimum atomic E-state index is -0.936. The van der Waals surface area contributed by atoms with Crippen molar-refractivity contribution < 1.29 is 48.1 Å². The Balaban J connectivity index is 0.901. The molecule has 1 unspecified atom stereocenters. The molecular formula is C59H78N8O10S. The van der Waals surface area contributed by atoms with Crippen LogP contribution >= 0.6 is 11.3 Å². The fourth-order valence-corrected chi connectivity index (χ4v) is 11.4. The molecule has 0 bridgehead atoms. The number of para-hydroxylation sites is 1. The van der Waals surface area contributed by atoms with Crippen LogP contribution in [0.25, 0.3) is 10.4 Å². The van der Waals surface area contributed by atoms with Gasteiger partial charge in [-0.2, -0.15) is 0 Å². The van der Waals surface area contributed by atoms with Crippen molar-refractivity contribution in [1.29, 1.82) is 0 Å². The zero-order valence-electron chi connectivity index (χ0n) is 46.5. The van der Waals surface area contributed by atoms with Gasteiger partial charge in [-0.05, 0) is 125 Å². The van der Waals surface area contributed by atoms with Gasteiger partial charge in [0.15, 0.2) is 0 Å². The number of benzene rings is 3. The number of ether oxygens (including phenoxy) is 2. The van der Waals surface area contributed by atoms with Gasteiger partial charge in [-0.15, -0.1) is 11.3 Å². The van der Waals surface area contributed by atoms with E-state index < -0.39 is 77.1 Å². The number of rotatable bonds is 21. The molecule has 0 saturated carbocycles. The molecule has 7 atom stereocenters. The summed E-state index contributed by atoms with van der Waals surface area (Å²) in [6.07, 6.45) is 2.73. The number of alkyl carbamates (subject to hydrolysis) is 1. The van der Waals surface area contributed by atoms with Gasteiger partial charge in [0.2, 0.25) is 35.4 Å². The highest BCUT2D eigenvalue weighted by Gasteiger charge is 2.46. The summed E-state index contributed by atoms with van der Waals surface area (Å²) in [5.41, 5.74) is 13.2. The Morgan fingerprint density at radius 1 is 0.872 bits per heavy atom. The Kier molecular flexibility index (Phi) is 19.1. The molecule has 0 spiro atoms. The number of likely N-dealkylation sites (tertiary alicyclic amines) is 1. The summed E-state index contributed by atoms with van der Waals surface area (Å²) in [4.78, 5) is 103. The van der Waals surface area contributed by atoms with Crippen molar-refractivity contribution in [3.63, 3.8) is 0 Å². The van der Waals surface area contributed by atoms with E-state index in [1.807, 2.05) is 108 Å². The van der Waals surface area contributed by atoms with Crippen LogP contribution in [0, 0.1) is 19.3 Å². The van der Waals surface area contributed by atoms with Crippen LogP contribution in [0.2, 0.25) is 0 Å². The summed E-state index contributed by atoms with van der Waals surface area (Å²) < 4.78 is 11.8. The van der Waals surface area contributed by atoms with Gasteiger partial charge in [0, 0.05) is 32.2 Å². The van der Waals surface area contributed by atoms with Gasteiger partial charge < -0.3 is 46.5 Å². The first kappa shape index (κ1) is 58.8. The van der Waals surface area contributed by atoms with Crippen molar-refractivity contribution in [3.05, 3.63) is 99.7 Å². The number of hydrogen-bond acceptors (Lipinski definition) is 12. The van der Waals surface area contributed by atoms with Crippen LogP contribution in [0.4, 0.5) is 10.5 Å². The van der Waals surface area contributed by atoms with Crippen LogP contribution in [-0.4, -0.2) is 112 Å². The highest BCUT2D eigenvalue weighted by molar-refractivity contribution is 7.13. The maximum absolute atomic E-state index is 14.3. The number of nitrogens with one attached hydrogen (secondary N) is 4. The number of nitrogens with zero attached hydrogens (tertiary/aromatic N) is 3. The highest BCUT2D eigenvalue weighted by Crippen LogP contribution is 2.39. The number of carbonyl (C=O) groups is 7. The standard InChI is InChI=1S/C59H78N8O10S/c1-34-37(15-11-10-12-20-49(70)65-52(58(4,5)6)56(74)66-31-43(68)30-45(66)53(71)62-35(2)38-21-23-40(24-22-38)51-36(3)61-33-78-51)16-14-19-47(34)76-32-42(26-28-48(60)69)63-54(72)46-29-41-18-13-17-39-25-27-44(55(73)67(46)50(39)41)64-57(75)77-59(7,8)9/h13-14,16-19,21-24,33,35,42-46,52,68H,10-12,15,20,25-32H2,1-9H3,(H2,60,69)(H,62,71)(H,63,72)(H,64,75)(H,65,70)/t35-,42-,43+,44-,45-,46?,52+/m0/s1. The number of aromatic nitrogens is 1. The third-order valence-corrected chi connectivity index (χ3v) is 15.7. The molecule has 1 aromatic heterocycles. The molecule has 19 heteroatoms. The number of nitrogens with two attached hydrogens (primary N) is 1. The van der Waals surface area contributed by atoms with Gasteiger partial charge in [0.1, 0.15) is 42.1 Å². The topological polar surface area (TPSA) is 252 Å². The van der Waals surface area contributed by atoms with Crippen LogP contribution in [-0.2, 0) is 52.8 Å². The fraction of sp³-hybridized carbons (Fsp3) is 0.525. The number of aliphatic hydroxyl groups is 1. The predicted octanol–water partition coefficient (Wildman–Crippen LogP) is 6.83. The van der Waals surface area contributed by atoms with Crippen molar-refractivity contribution in [2.24, 2.45) is 11.1 Å². The second-order valence-corrected chi connectivity index (χ2v) is 23.9. The smallest absolute Gasteiger partial charge is 0.408 e. The minimum Gasteiger partial charge on any atom is -0.491 e. The maximum atomic E-state index is 14.3. The maximum Gasteiger partial charge on any atom is 0.408 e. The highest BCUT2D eigenvalue weighted by atomic mass is 32.1. The van der Waals surface area contributed by atoms with E-state index in [1.54, 1.807) is 32.1 Å². The molecule has 3 aliphatic heterocycles. The van der Waals surface area contributed by atoms with E-state index in [4.69, 9.17) is 15.2 Å². The Bertz CT molecular complexity index is 2840. The van der Waals surface area contributed by atoms with Gasteiger partial charge in [0.25, 0.3) is 0 Å². The van der Waals surface area contributed by atoms with Crippen molar-refractivity contribution in [3.8, 4) is 16.2 Å². The number of aryl methyl sites for hydroxylation is 3. The SMILES string of the molecule is Cc1ncsc1-c1ccc([C@H](C)NC(=O)[C@@H]2C[C@@H](O)CN2C(=O)[C@@H](NC(=O)CCCCCc2cccc(OC[C@H](CCC(N)=O)NC(=O)C3Cc4cccc5c4N3C(=O)[C@@H](NC(=O)OC(C)(C)C)CC5)c2C)C(C)(C)C)cc1. The fourth-order valence-electron chi connectivity index (χ4n) is 10.5. The number of amides is 7. The average Bonchev–Trinajstić information content (AvgIpc) is 4.10. The zero-order chi connectivity index (χ0) is 56.6. The number of β-amino-alcohol motifs (C(OH)–C–C–N with tert-alkyl or cyclic N) is 1. The van der Waals surface area contributed by atoms with Crippen molar-refractivity contribution in [1.82, 2.24) is 31.2 Å².